The van der Waals surface area contributed by atoms with E-state index in [9.17, 15) is 0 Å². The average Bonchev–Trinajstić information content (AvgIpc) is 2.84. The van der Waals surface area contributed by atoms with Crippen LogP contribution in [0.15, 0.2) is 33.8 Å². The molecule has 0 radical (unpaired) electrons. The van der Waals surface area contributed by atoms with E-state index in [0.29, 0.717) is 17.5 Å². The summed E-state index contributed by atoms with van der Waals surface area (Å²) >= 11 is 1.25. The summed E-state index contributed by atoms with van der Waals surface area (Å²) in [5.41, 5.74) is 7.50. The Kier molecular flexibility index (Phi) is 3.83. The number of aromatic nitrogens is 2. The zero-order chi connectivity index (χ0) is 13.0. The molecule has 4 N–H and O–H groups in total. The van der Waals surface area contributed by atoms with Gasteiger partial charge in [0, 0.05) is 5.56 Å². The lowest BCUT2D eigenvalue weighted by Crippen LogP contribution is -2.09. The SMILES string of the molecule is Cc1cccc(-c2nnc(CSC(N)=NN)o2)c1. The van der Waals surface area contributed by atoms with Gasteiger partial charge in [0.05, 0.1) is 5.75 Å². The van der Waals surface area contributed by atoms with Crippen molar-refractivity contribution in [3.63, 3.8) is 0 Å². The molecule has 6 nitrogen and oxygen atoms in total. The van der Waals surface area contributed by atoms with Crippen LogP contribution in [0.25, 0.3) is 11.5 Å². The molecule has 2 rings (SSSR count). The molecule has 0 spiro atoms. The molecule has 0 atom stereocenters. The van der Waals surface area contributed by atoms with Gasteiger partial charge in [0.2, 0.25) is 11.8 Å². The van der Waals surface area contributed by atoms with Gasteiger partial charge in [0.25, 0.3) is 0 Å². The lowest BCUT2D eigenvalue weighted by Gasteiger charge is -1.96. The number of hydrogen-bond donors (Lipinski definition) is 2. The van der Waals surface area contributed by atoms with E-state index >= 15 is 0 Å². The van der Waals surface area contributed by atoms with Crippen molar-refractivity contribution in [3.05, 3.63) is 35.7 Å². The van der Waals surface area contributed by atoms with Crippen LogP contribution in [0.2, 0.25) is 0 Å². The summed E-state index contributed by atoms with van der Waals surface area (Å²) in [7, 11) is 0. The number of nitrogens with zero attached hydrogens (tertiary/aromatic N) is 3. The first kappa shape index (κ1) is 12.4. The van der Waals surface area contributed by atoms with Crippen LogP contribution in [0.5, 0.6) is 0 Å². The number of thioether (sulfide) groups is 1. The van der Waals surface area contributed by atoms with Gasteiger partial charge in [0.15, 0.2) is 5.17 Å². The fourth-order valence-electron chi connectivity index (χ4n) is 1.38. The number of hydrogen-bond acceptors (Lipinski definition) is 6. The fraction of sp³-hybridized carbons (Fsp3) is 0.182. The zero-order valence-corrected chi connectivity index (χ0v) is 10.6. The summed E-state index contributed by atoms with van der Waals surface area (Å²) in [5, 5.41) is 11.6. The molecule has 2 aromatic rings. The molecule has 1 aromatic carbocycles. The van der Waals surface area contributed by atoms with Crippen LogP contribution < -0.4 is 11.6 Å². The Bertz CT molecular complexity index is 566. The van der Waals surface area contributed by atoms with Gasteiger partial charge in [-0.25, -0.2) is 0 Å². The Balaban J connectivity index is 2.11. The third-order valence-corrected chi connectivity index (χ3v) is 3.00. The van der Waals surface area contributed by atoms with Gasteiger partial charge in [-0.15, -0.1) is 10.2 Å². The Morgan fingerprint density at radius 1 is 1.44 bits per heavy atom. The van der Waals surface area contributed by atoms with Gasteiger partial charge in [-0.05, 0) is 19.1 Å². The summed E-state index contributed by atoms with van der Waals surface area (Å²) in [5.74, 6) is 6.46. The van der Waals surface area contributed by atoms with Crippen LogP contribution in [0.1, 0.15) is 11.5 Å². The van der Waals surface area contributed by atoms with Crippen LogP contribution in [0.4, 0.5) is 0 Å². The maximum Gasteiger partial charge on any atom is 0.247 e. The van der Waals surface area contributed by atoms with E-state index in [1.807, 2.05) is 31.2 Å². The van der Waals surface area contributed by atoms with Crippen molar-refractivity contribution in [1.82, 2.24) is 10.2 Å². The topological polar surface area (TPSA) is 103 Å². The second-order valence-electron chi connectivity index (χ2n) is 3.63. The predicted octanol–water partition coefficient (Wildman–Crippen LogP) is 1.47. The molecule has 0 fully saturated rings. The molecule has 1 aromatic heterocycles. The normalized spacial score (nSPS) is 11.7. The van der Waals surface area contributed by atoms with Crippen molar-refractivity contribution in [3.8, 4) is 11.5 Å². The lowest BCUT2D eigenvalue weighted by atomic mass is 10.1. The predicted molar refractivity (Wildman–Crippen MR) is 71.6 cm³/mol. The van der Waals surface area contributed by atoms with Crippen molar-refractivity contribution in [2.45, 2.75) is 12.7 Å². The number of nitrogens with two attached hydrogens (primary N) is 2. The number of amidine groups is 1. The lowest BCUT2D eigenvalue weighted by molar-refractivity contribution is 0.528. The van der Waals surface area contributed by atoms with Gasteiger partial charge in [0.1, 0.15) is 0 Å². The molecule has 0 unspecified atom stereocenters. The number of benzene rings is 1. The highest BCUT2D eigenvalue weighted by atomic mass is 32.2. The molecule has 0 amide bonds. The van der Waals surface area contributed by atoms with E-state index in [1.165, 1.54) is 11.8 Å². The second kappa shape index (κ2) is 5.54. The largest absolute Gasteiger partial charge is 0.420 e. The van der Waals surface area contributed by atoms with Crippen molar-refractivity contribution >= 4 is 16.9 Å². The van der Waals surface area contributed by atoms with E-state index in [-0.39, 0.29) is 5.17 Å². The minimum Gasteiger partial charge on any atom is -0.420 e. The van der Waals surface area contributed by atoms with E-state index < -0.39 is 0 Å². The van der Waals surface area contributed by atoms with Crippen LogP contribution in [0, 0.1) is 6.92 Å². The summed E-state index contributed by atoms with van der Waals surface area (Å²) < 4.78 is 5.53. The summed E-state index contributed by atoms with van der Waals surface area (Å²) in [6, 6.07) is 7.87. The smallest absolute Gasteiger partial charge is 0.247 e. The summed E-state index contributed by atoms with van der Waals surface area (Å²) in [4.78, 5) is 0. The minimum atomic E-state index is 0.283. The van der Waals surface area contributed by atoms with E-state index in [1.54, 1.807) is 0 Å². The highest BCUT2D eigenvalue weighted by molar-refractivity contribution is 8.13. The average molecular weight is 263 g/mol. The van der Waals surface area contributed by atoms with Gasteiger partial charge in [-0.1, -0.05) is 29.5 Å². The molecule has 0 aliphatic carbocycles. The molecule has 0 aliphatic rings. The van der Waals surface area contributed by atoms with Gasteiger partial charge in [-0.3, -0.25) is 0 Å². The molecule has 0 aliphatic heterocycles. The van der Waals surface area contributed by atoms with Crippen LogP contribution in [-0.4, -0.2) is 15.4 Å². The van der Waals surface area contributed by atoms with Crippen LogP contribution in [0.3, 0.4) is 0 Å². The first-order valence-corrected chi connectivity index (χ1v) is 6.23. The van der Waals surface area contributed by atoms with Crippen molar-refractivity contribution < 1.29 is 4.42 Å². The number of rotatable bonds is 3. The summed E-state index contributed by atoms with van der Waals surface area (Å²) in [6.07, 6.45) is 0. The van der Waals surface area contributed by atoms with Gasteiger partial charge in [-0.2, -0.15) is 5.10 Å². The third-order valence-electron chi connectivity index (χ3n) is 2.20. The molecular formula is C11H13N5OS. The molecule has 18 heavy (non-hydrogen) atoms. The highest BCUT2D eigenvalue weighted by Gasteiger charge is 2.09. The van der Waals surface area contributed by atoms with E-state index in [2.05, 4.69) is 15.3 Å². The molecule has 7 heteroatoms. The van der Waals surface area contributed by atoms with Crippen LogP contribution >= 0.6 is 11.8 Å². The Morgan fingerprint density at radius 3 is 3.00 bits per heavy atom. The van der Waals surface area contributed by atoms with Crippen molar-refractivity contribution in [2.24, 2.45) is 16.7 Å². The molecular weight excluding hydrogens is 250 g/mol. The first-order chi connectivity index (χ1) is 8.69. The molecule has 0 saturated heterocycles. The quantitative estimate of drug-likeness (QED) is 0.376. The monoisotopic (exact) mass is 263 g/mol. The second-order valence-corrected chi connectivity index (χ2v) is 4.62. The highest BCUT2D eigenvalue weighted by Crippen LogP contribution is 2.20. The van der Waals surface area contributed by atoms with E-state index in [4.69, 9.17) is 16.0 Å². The zero-order valence-electron chi connectivity index (χ0n) is 9.83. The third kappa shape index (κ3) is 3.01. The Morgan fingerprint density at radius 2 is 2.28 bits per heavy atom. The van der Waals surface area contributed by atoms with Crippen LogP contribution in [-0.2, 0) is 5.75 Å². The maximum atomic E-state index is 5.53. The molecule has 94 valence electrons. The standard InChI is InChI=1S/C11H13N5OS/c1-7-3-2-4-8(5-7)10-16-15-9(17-10)6-18-11(12)14-13/h2-5H,6,13H2,1H3,(H2,12,14). The Hall–Kier alpha value is -2.02. The van der Waals surface area contributed by atoms with Gasteiger partial charge < -0.3 is 16.0 Å². The van der Waals surface area contributed by atoms with Crippen molar-refractivity contribution in [1.29, 1.82) is 0 Å². The maximum absolute atomic E-state index is 5.53. The number of aryl methyl sites for hydroxylation is 1. The molecule has 0 saturated carbocycles. The summed E-state index contributed by atoms with van der Waals surface area (Å²) in [6.45, 7) is 2.01. The molecule has 0 bridgehead atoms. The minimum absolute atomic E-state index is 0.283. The van der Waals surface area contributed by atoms with Crippen molar-refractivity contribution in [2.75, 3.05) is 0 Å². The first-order valence-electron chi connectivity index (χ1n) is 5.24. The Labute approximate surface area is 108 Å². The molecule has 1 heterocycles. The van der Waals surface area contributed by atoms with E-state index in [0.717, 1.165) is 11.1 Å². The fourth-order valence-corrected chi connectivity index (χ4v) is 1.84. The number of hydrazone groups is 1. The van der Waals surface area contributed by atoms with Gasteiger partial charge >= 0.3 is 0 Å².